The number of hydrogen-bond acceptors (Lipinski definition) is 3. The van der Waals surface area contributed by atoms with Crippen molar-refractivity contribution in [1.29, 1.82) is 0 Å². The number of carbonyl (C=O) groups excluding carboxylic acids is 1. The van der Waals surface area contributed by atoms with Crippen molar-refractivity contribution < 1.29 is 9.53 Å². The Morgan fingerprint density at radius 2 is 1.85 bits per heavy atom. The Kier molecular flexibility index (Phi) is 13.4. The highest BCUT2D eigenvalue weighted by Gasteiger charge is 1.97. The van der Waals surface area contributed by atoms with E-state index in [1.54, 1.807) is 0 Å². The van der Waals surface area contributed by atoms with E-state index in [2.05, 4.69) is 25.5 Å². The second kappa shape index (κ2) is 11.6. The van der Waals surface area contributed by atoms with E-state index in [1.807, 2.05) is 0 Å². The minimum atomic E-state index is 0.128. The summed E-state index contributed by atoms with van der Waals surface area (Å²) in [5.41, 5.74) is 5.18. The predicted molar refractivity (Wildman–Crippen MR) is 55.7 cm³/mol. The number of methoxy groups -OCH3 is 1. The lowest BCUT2D eigenvalue weighted by atomic mass is 10.2. The number of nitrogens with two attached hydrogens (primary N) is 1. The average Bonchev–Trinajstić information content (AvgIpc) is 2.00. The molecule has 0 heterocycles. The average molecular weight is 189 g/mol. The lowest BCUT2D eigenvalue weighted by Gasteiger charge is -1.95. The van der Waals surface area contributed by atoms with Crippen molar-refractivity contribution in [3.8, 4) is 0 Å². The van der Waals surface area contributed by atoms with Gasteiger partial charge in [0, 0.05) is 13.5 Å². The van der Waals surface area contributed by atoms with Crippen molar-refractivity contribution >= 4 is 5.78 Å². The first-order valence-electron chi connectivity index (χ1n) is 4.75. The van der Waals surface area contributed by atoms with Gasteiger partial charge in [0.2, 0.25) is 0 Å². The molecule has 13 heavy (non-hydrogen) atoms. The molecule has 0 saturated carbocycles. The quantitative estimate of drug-likeness (QED) is 0.714. The van der Waals surface area contributed by atoms with Gasteiger partial charge in [-0.15, -0.1) is 0 Å². The second-order valence-corrected chi connectivity index (χ2v) is 3.60. The Morgan fingerprint density at radius 3 is 2.15 bits per heavy atom. The molecule has 0 aromatic carbocycles. The van der Waals surface area contributed by atoms with Crippen LogP contribution in [0.4, 0.5) is 0 Å². The third-order valence-electron chi connectivity index (χ3n) is 0.965. The van der Waals surface area contributed by atoms with Gasteiger partial charge >= 0.3 is 0 Å². The van der Waals surface area contributed by atoms with E-state index in [0.717, 1.165) is 12.3 Å². The van der Waals surface area contributed by atoms with Crippen LogP contribution in [0.2, 0.25) is 0 Å². The Hall–Kier alpha value is -0.410. The molecule has 0 amide bonds. The third-order valence-corrected chi connectivity index (χ3v) is 0.965. The fourth-order valence-electron chi connectivity index (χ4n) is 0.532. The molecule has 3 heteroatoms. The van der Waals surface area contributed by atoms with Gasteiger partial charge < -0.3 is 10.5 Å². The summed E-state index contributed by atoms with van der Waals surface area (Å²) in [6.45, 7) is 7.30. The highest BCUT2D eigenvalue weighted by atomic mass is 16.5. The van der Waals surface area contributed by atoms with E-state index in [9.17, 15) is 4.79 Å². The van der Waals surface area contributed by atoms with E-state index < -0.39 is 0 Å². The van der Waals surface area contributed by atoms with Crippen LogP contribution < -0.4 is 5.73 Å². The first-order chi connectivity index (χ1) is 6.04. The standard InChI is InChI=1S/C6H13NO2.C4H10/c1-9-5-6(8)3-2-4-7;1-4(2)3/h2-5,7H2,1H3;4H,1-3H3. The summed E-state index contributed by atoms with van der Waals surface area (Å²) < 4.78 is 4.61. The molecule has 0 aromatic heterocycles. The summed E-state index contributed by atoms with van der Waals surface area (Å²) in [4.78, 5) is 10.6. The molecule has 0 aliphatic carbocycles. The van der Waals surface area contributed by atoms with Crippen molar-refractivity contribution in [3.05, 3.63) is 0 Å². The SMILES string of the molecule is CC(C)C.COCC(=O)CCCN. The fraction of sp³-hybridized carbons (Fsp3) is 0.900. The number of ether oxygens (including phenoxy) is 1. The highest BCUT2D eigenvalue weighted by molar-refractivity contribution is 5.79. The number of carbonyl (C=O) groups is 1. The maximum absolute atomic E-state index is 10.6. The normalized spacial score (nSPS) is 9.38. The van der Waals surface area contributed by atoms with Gasteiger partial charge in [-0.05, 0) is 18.9 Å². The minimum Gasteiger partial charge on any atom is -0.377 e. The van der Waals surface area contributed by atoms with E-state index in [-0.39, 0.29) is 12.4 Å². The van der Waals surface area contributed by atoms with Crippen molar-refractivity contribution in [2.75, 3.05) is 20.3 Å². The zero-order valence-electron chi connectivity index (χ0n) is 9.30. The molecule has 0 atom stereocenters. The predicted octanol–water partition coefficient (Wildman–Crippen LogP) is 1.60. The Morgan fingerprint density at radius 1 is 1.38 bits per heavy atom. The monoisotopic (exact) mass is 189 g/mol. The summed E-state index contributed by atoms with van der Waals surface area (Å²) >= 11 is 0. The van der Waals surface area contributed by atoms with E-state index in [1.165, 1.54) is 7.11 Å². The van der Waals surface area contributed by atoms with Crippen LogP contribution in [0.3, 0.4) is 0 Å². The molecule has 2 N–H and O–H groups in total. The van der Waals surface area contributed by atoms with Crippen LogP contribution in [-0.4, -0.2) is 26.0 Å². The molecule has 0 fully saturated rings. The third kappa shape index (κ3) is 24.5. The first-order valence-corrected chi connectivity index (χ1v) is 4.75. The highest BCUT2D eigenvalue weighted by Crippen LogP contribution is 1.87. The van der Waals surface area contributed by atoms with Crippen LogP contribution in [0, 0.1) is 5.92 Å². The number of hydrogen-bond donors (Lipinski definition) is 1. The van der Waals surface area contributed by atoms with Crippen LogP contribution in [0.25, 0.3) is 0 Å². The number of rotatable bonds is 5. The van der Waals surface area contributed by atoms with Crippen LogP contribution in [0.5, 0.6) is 0 Å². The molecule has 0 aliphatic rings. The van der Waals surface area contributed by atoms with Gasteiger partial charge in [0.05, 0.1) is 0 Å². The van der Waals surface area contributed by atoms with Crippen molar-refractivity contribution in [2.24, 2.45) is 11.7 Å². The number of ketones is 1. The van der Waals surface area contributed by atoms with Crippen molar-refractivity contribution in [1.82, 2.24) is 0 Å². The molecule has 0 aliphatic heterocycles. The molecular formula is C10H23NO2. The van der Waals surface area contributed by atoms with Crippen molar-refractivity contribution in [3.63, 3.8) is 0 Å². The molecule has 0 rings (SSSR count). The molecular weight excluding hydrogens is 166 g/mol. The summed E-state index contributed by atoms with van der Waals surface area (Å²) in [5.74, 6) is 0.961. The first kappa shape index (κ1) is 15.1. The van der Waals surface area contributed by atoms with Gasteiger partial charge in [-0.25, -0.2) is 0 Å². The summed E-state index contributed by atoms with van der Waals surface area (Å²) in [7, 11) is 1.51. The topological polar surface area (TPSA) is 52.3 Å². The van der Waals surface area contributed by atoms with Gasteiger partial charge in [0.1, 0.15) is 6.61 Å². The van der Waals surface area contributed by atoms with Gasteiger partial charge in [-0.3, -0.25) is 4.79 Å². The Bertz CT molecular complexity index is 111. The van der Waals surface area contributed by atoms with Crippen molar-refractivity contribution in [2.45, 2.75) is 33.6 Å². The van der Waals surface area contributed by atoms with E-state index in [4.69, 9.17) is 5.73 Å². The molecule has 0 radical (unpaired) electrons. The number of Topliss-reactive ketones (excluding diaryl/α,β-unsaturated/α-hetero) is 1. The van der Waals surface area contributed by atoms with Gasteiger partial charge in [0.15, 0.2) is 5.78 Å². The van der Waals surface area contributed by atoms with Crippen LogP contribution in [0.15, 0.2) is 0 Å². The summed E-state index contributed by atoms with van der Waals surface area (Å²) in [6, 6.07) is 0. The molecule has 80 valence electrons. The molecule has 0 unspecified atom stereocenters. The molecule has 3 nitrogen and oxygen atoms in total. The lowest BCUT2D eigenvalue weighted by molar-refractivity contribution is -0.122. The molecule has 0 aromatic rings. The Balaban J connectivity index is 0. The van der Waals surface area contributed by atoms with Crippen LogP contribution >= 0.6 is 0 Å². The summed E-state index contributed by atoms with van der Waals surface area (Å²) in [6.07, 6.45) is 1.31. The van der Waals surface area contributed by atoms with Crippen LogP contribution in [-0.2, 0) is 9.53 Å². The molecule has 0 spiro atoms. The maximum Gasteiger partial charge on any atom is 0.158 e. The zero-order chi connectivity index (χ0) is 10.7. The molecule has 0 bridgehead atoms. The summed E-state index contributed by atoms with van der Waals surface area (Å²) in [5, 5.41) is 0. The fourth-order valence-corrected chi connectivity index (χ4v) is 0.532. The molecule has 0 saturated heterocycles. The van der Waals surface area contributed by atoms with Gasteiger partial charge in [-0.1, -0.05) is 20.8 Å². The second-order valence-electron chi connectivity index (χ2n) is 3.60. The Labute approximate surface area is 81.6 Å². The van der Waals surface area contributed by atoms with Gasteiger partial charge in [-0.2, -0.15) is 0 Å². The zero-order valence-corrected chi connectivity index (χ0v) is 9.30. The van der Waals surface area contributed by atoms with Gasteiger partial charge in [0.25, 0.3) is 0 Å². The maximum atomic E-state index is 10.6. The van der Waals surface area contributed by atoms with E-state index in [0.29, 0.717) is 13.0 Å². The lowest BCUT2D eigenvalue weighted by Crippen LogP contribution is -2.09. The van der Waals surface area contributed by atoms with Crippen LogP contribution in [0.1, 0.15) is 33.6 Å². The minimum absolute atomic E-state index is 0.128. The smallest absolute Gasteiger partial charge is 0.158 e. The van der Waals surface area contributed by atoms with E-state index >= 15 is 0 Å². The largest absolute Gasteiger partial charge is 0.377 e.